The van der Waals surface area contributed by atoms with E-state index in [1.165, 1.54) is 6.08 Å². The summed E-state index contributed by atoms with van der Waals surface area (Å²) in [5, 5.41) is 4.02. The summed E-state index contributed by atoms with van der Waals surface area (Å²) >= 11 is 0. The van der Waals surface area contributed by atoms with Crippen molar-refractivity contribution in [2.75, 3.05) is 11.5 Å². The van der Waals surface area contributed by atoms with Crippen LogP contribution < -0.4 is 19.7 Å². The number of urea groups is 1. The number of nitrogens with one attached hydrogen (secondary N) is 1. The molecule has 7 heteroatoms. The lowest BCUT2D eigenvalue weighted by Crippen LogP contribution is -2.54. The monoisotopic (exact) mass is 444 g/mol. The highest BCUT2D eigenvalue weighted by molar-refractivity contribution is 6.39. The molecule has 1 saturated heterocycles. The Bertz CT molecular complexity index is 1260. The van der Waals surface area contributed by atoms with E-state index in [1.54, 1.807) is 24.3 Å². The van der Waals surface area contributed by atoms with Gasteiger partial charge in [0.15, 0.2) is 0 Å². The van der Waals surface area contributed by atoms with Gasteiger partial charge in [-0.3, -0.25) is 14.9 Å². The van der Waals surface area contributed by atoms with E-state index in [9.17, 15) is 14.4 Å². The SMILES string of the molecule is CCOc1ccc(N2C(=O)NC(=O)/C(=C\c3c(OC(C)C)ccc4ccccc34)C2=O)cc1. The molecule has 1 fully saturated rings. The van der Waals surface area contributed by atoms with Crippen LogP contribution in [0, 0.1) is 0 Å². The van der Waals surface area contributed by atoms with Gasteiger partial charge in [0.2, 0.25) is 0 Å². The molecule has 7 nitrogen and oxygen atoms in total. The highest BCUT2D eigenvalue weighted by Gasteiger charge is 2.37. The Kier molecular flexibility index (Phi) is 6.13. The summed E-state index contributed by atoms with van der Waals surface area (Å²) in [6, 6.07) is 17.1. The molecule has 0 aromatic heterocycles. The van der Waals surface area contributed by atoms with Crippen molar-refractivity contribution in [2.24, 2.45) is 0 Å². The third-order valence-corrected chi connectivity index (χ3v) is 5.09. The van der Waals surface area contributed by atoms with E-state index in [1.807, 2.05) is 57.2 Å². The zero-order valence-electron chi connectivity index (χ0n) is 18.6. The normalized spacial score (nSPS) is 15.3. The molecule has 0 radical (unpaired) electrons. The number of hydrogen-bond donors (Lipinski definition) is 1. The van der Waals surface area contributed by atoms with Crippen molar-refractivity contribution in [2.45, 2.75) is 26.9 Å². The molecule has 1 N–H and O–H groups in total. The van der Waals surface area contributed by atoms with E-state index < -0.39 is 17.8 Å². The molecule has 4 rings (SSSR count). The number of rotatable bonds is 6. The summed E-state index contributed by atoms with van der Waals surface area (Å²) in [6.07, 6.45) is 1.38. The molecule has 0 atom stereocenters. The van der Waals surface area contributed by atoms with Gasteiger partial charge in [-0.2, -0.15) is 0 Å². The first-order chi connectivity index (χ1) is 15.9. The van der Waals surface area contributed by atoms with Crippen molar-refractivity contribution >= 4 is 40.4 Å². The minimum Gasteiger partial charge on any atom is -0.494 e. The van der Waals surface area contributed by atoms with Crippen molar-refractivity contribution in [3.8, 4) is 11.5 Å². The fraction of sp³-hybridized carbons (Fsp3) is 0.192. The third kappa shape index (κ3) is 4.43. The van der Waals surface area contributed by atoms with E-state index in [0.29, 0.717) is 29.4 Å². The van der Waals surface area contributed by atoms with Gasteiger partial charge in [0.1, 0.15) is 17.1 Å². The number of barbiturate groups is 1. The van der Waals surface area contributed by atoms with Crippen molar-refractivity contribution < 1.29 is 23.9 Å². The fourth-order valence-corrected chi connectivity index (χ4v) is 3.68. The van der Waals surface area contributed by atoms with Crippen LogP contribution in [0.4, 0.5) is 10.5 Å². The van der Waals surface area contributed by atoms with Crippen LogP contribution in [0.2, 0.25) is 0 Å². The van der Waals surface area contributed by atoms with E-state index in [0.717, 1.165) is 15.7 Å². The van der Waals surface area contributed by atoms with Crippen molar-refractivity contribution in [3.63, 3.8) is 0 Å². The first kappa shape index (κ1) is 22.1. The number of anilines is 1. The van der Waals surface area contributed by atoms with E-state index in [4.69, 9.17) is 9.47 Å². The fourth-order valence-electron chi connectivity index (χ4n) is 3.68. The summed E-state index contributed by atoms with van der Waals surface area (Å²) in [4.78, 5) is 39.5. The molecule has 1 aliphatic rings. The number of imide groups is 2. The molecule has 0 unspecified atom stereocenters. The highest BCUT2D eigenvalue weighted by Crippen LogP contribution is 2.32. The molecule has 3 aromatic rings. The van der Waals surface area contributed by atoms with Crippen LogP contribution in [0.25, 0.3) is 16.8 Å². The van der Waals surface area contributed by atoms with Gasteiger partial charge >= 0.3 is 6.03 Å². The van der Waals surface area contributed by atoms with Gasteiger partial charge in [0.25, 0.3) is 11.8 Å². The second-order valence-corrected chi connectivity index (χ2v) is 7.75. The summed E-state index contributed by atoms with van der Waals surface area (Å²) < 4.78 is 11.4. The third-order valence-electron chi connectivity index (χ3n) is 5.09. The zero-order chi connectivity index (χ0) is 23.5. The lowest BCUT2D eigenvalue weighted by molar-refractivity contribution is -0.122. The Morgan fingerprint density at radius 1 is 0.970 bits per heavy atom. The van der Waals surface area contributed by atoms with E-state index in [-0.39, 0.29) is 11.7 Å². The molecule has 168 valence electrons. The predicted octanol–water partition coefficient (Wildman–Crippen LogP) is 4.69. The average Bonchev–Trinajstić information content (AvgIpc) is 2.78. The van der Waals surface area contributed by atoms with Crippen LogP contribution in [0.15, 0.2) is 66.2 Å². The summed E-state index contributed by atoms with van der Waals surface area (Å²) in [5.41, 5.74) is 0.769. The number of benzene rings is 3. The first-order valence-corrected chi connectivity index (χ1v) is 10.7. The smallest absolute Gasteiger partial charge is 0.335 e. The molecule has 0 saturated carbocycles. The van der Waals surface area contributed by atoms with Gasteiger partial charge in [-0.25, -0.2) is 9.69 Å². The maximum Gasteiger partial charge on any atom is 0.335 e. The Morgan fingerprint density at radius 3 is 2.39 bits per heavy atom. The maximum atomic E-state index is 13.3. The van der Waals surface area contributed by atoms with Crippen LogP contribution in [-0.2, 0) is 9.59 Å². The van der Waals surface area contributed by atoms with E-state index in [2.05, 4.69) is 5.32 Å². The first-order valence-electron chi connectivity index (χ1n) is 10.7. The van der Waals surface area contributed by atoms with Crippen molar-refractivity contribution in [1.82, 2.24) is 5.32 Å². The lowest BCUT2D eigenvalue weighted by atomic mass is 9.99. The molecule has 0 bridgehead atoms. The molecule has 4 amide bonds. The van der Waals surface area contributed by atoms with E-state index >= 15 is 0 Å². The summed E-state index contributed by atoms with van der Waals surface area (Å²) in [6.45, 7) is 6.16. The molecular weight excluding hydrogens is 420 g/mol. The van der Waals surface area contributed by atoms with Crippen LogP contribution >= 0.6 is 0 Å². The Hall–Kier alpha value is -4.13. The molecule has 0 spiro atoms. The second-order valence-electron chi connectivity index (χ2n) is 7.75. The minimum atomic E-state index is -0.803. The van der Waals surface area contributed by atoms with Crippen LogP contribution in [0.3, 0.4) is 0 Å². The zero-order valence-corrected chi connectivity index (χ0v) is 18.6. The number of fused-ring (bicyclic) bond motifs is 1. The van der Waals surface area contributed by atoms with Gasteiger partial charge in [-0.15, -0.1) is 0 Å². The van der Waals surface area contributed by atoms with Gasteiger partial charge in [-0.1, -0.05) is 30.3 Å². The number of hydrogen-bond acceptors (Lipinski definition) is 5. The van der Waals surface area contributed by atoms with Crippen LogP contribution in [0.5, 0.6) is 11.5 Å². The van der Waals surface area contributed by atoms with Gasteiger partial charge in [0.05, 0.1) is 18.4 Å². The average molecular weight is 444 g/mol. The number of nitrogens with zero attached hydrogens (tertiary/aromatic N) is 1. The maximum absolute atomic E-state index is 13.3. The minimum absolute atomic E-state index is 0.110. The van der Waals surface area contributed by atoms with Gasteiger partial charge in [-0.05, 0) is 68.0 Å². The number of amides is 4. The van der Waals surface area contributed by atoms with Crippen molar-refractivity contribution in [3.05, 3.63) is 71.8 Å². The number of carbonyl (C=O) groups is 3. The highest BCUT2D eigenvalue weighted by atomic mass is 16.5. The molecular formula is C26H24N2O5. The largest absolute Gasteiger partial charge is 0.494 e. The second kappa shape index (κ2) is 9.16. The van der Waals surface area contributed by atoms with Gasteiger partial charge in [0, 0.05) is 5.56 Å². The predicted molar refractivity (Wildman–Crippen MR) is 126 cm³/mol. The lowest BCUT2D eigenvalue weighted by Gasteiger charge is -2.26. The quantitative estimate of drug-likeness (QED) is 0.440. The number of ether oxygens (including phenoxy) is 2. The Balaban J connectivity index is 1.80. The Morgan fingerprint density at radius 2 is 1.70 bits per heavy atom. The summed E-state index contributed by atoms with van der Waals surface area (Å²) in [7, 11) is 0. The molecule has 0 aliphatic carbocycles. The molecule has 1 heterocycles. The number of carbonyl (C=O) groups excluding carboxylic acids is 3. The topological polar surface area (TPSA) is 84.9 Å². The van der Waals surface area contributed by atoms with Gasteiger partial charge < -0.3 is 9.47 Å². The van der Waals surface area contributed by atoms with Crippen molar-refractivity contribution in [1.29, 1.82) is 0 Å². The summed E-state index contributed by atoms with van der Waals surface area (Å²) in [5.74, 6) is -0.308. The molecule has 3 aromatic carbocycles. The standard InChI is InChI=1S/C26H24N2O5/c1-4-32-19-12-10-18(11-13-19)28-25(30)22(24(29)27-26(28)31)15-21-20-8-6-5-7-17(20)9-14-23(21)33-16(2)3/h5-16H,4H2,1-3H3,(H,27,29,31)/b22-15+. The molecule has 33 heavy (non-hydrogen) atoms. The van der Waals surface area contributed by atoms with Crippen LogP contribution in [0.1, 0.15) is 26.3 Å². The Labute approximate surface area is 191 Å². The molecule has 1 aliphatic heterocycles. The van der Waals surface area contributed by atoms with Crippen LogP contribution in [-0.4, -0.2) is 30.6 Å².